The molecule has 0 aliphatic carbocycles. The van der Waals surface area contributed by atoms with Gasteiger partial charge in [-0.05, 0) is 56.2 Å². The van der Waals surface area contributed by atoms with Crippen LogP contribution in [0.3, 0.4) is 0 Å². The number of para-hydroxylation sites is 2. The van der Waals surface area contributed by atoms with Crippen LogP contribution in [0.4, 0.5) is 0 Å². The molecule has 1 saturated heterocycles. The number of benzene rings is 2. The minimum absolute atomic E-state index is 0.102. The summed E-state index contributed by atoms with van der Waals surface area (Å²) in [5.74, 6) is 1.28. The molecule has 1 N–H and O–H groups in total. The number of nitrogens with one attached hydrogen (secondary N) is 1. The summed E-state index contributed by atoms with van der Waals surface area (Å²) in [6.07, 6.45) is 4.46. The topological polar surface area (TPSA) is 76.5 Å². The number of hydrogen-bond acceptors (Lipinski definition) is 4. The number of carbonyl (C=O) groups is 2. The third kappa shape index (κ3) is 4.77. The fraction of sp³-hybridized carbons (Fsp3) is 0.400. The van der Waals surface area contributed by atoms with Crippen molar-refractivity contribution in [2.75, 3.05) is 20.2 Å². The lowest BCUT2D eigenvalue weighted by atomic mass is 10.2. The smallest absolute Gasteiger partial charge is 0.251 e. The van der Waals surface area contributed by atoms with Crippen molar-refractivity contribution in [2.24, 2.45) is 0 Å². The van der Waals surface area contributed by atoms with Crippen LogP contribution in [0.2, 0.25) is 0 Å². The van der Waals surface area contributed by atoms with Crippen molar-refractivity contribution in [1.29, 1.82) is 0 Å². The summed E-state index contributed by atoms with van der Waals surface area (Å²) in [4.78, 5) is 32.6. The Hall–Kier alpha value is -3.35. The lowest BCUT2D eigenvalue weighted by Gasteiger charge is -2.22. The molecule has 1 unspecified atom stereocenters. The van der Waals surface area contributed by atoms with Crippen molar-refractivity contribution < 1.29 is 14.3 Å². The Kier molecular flexibility index (Phi) is 6.73. The van der Waals surface area contributed by atoms with Crippen LogP contribution in [0.15, 0.2) is 48.5 Å². The molecule has 1 fully saturated rings. The normalized spacial score (nSPS) is 15.2. The van der Waals surface area contributed by atoms with E-state index in [0.29, 0.717) is 17.1 Å². The van der Waals surface area contributed by atoms with E-state index in [9.17, 15) is 9.59 Å². The molecule has 0 bridgehead atoms. The Balaban J connectivity index is 1.57. The Morgan fingerprint density at radius 3 is 2.41 bits per heavy atom. The van der Waals surface area contributed by atoms with Gasteiger partial charge in [0.1, 0.15) is 18.1 Å². The second-order valence-electron chi connectivity index (χ2n) is 8.26. The molecule has 0 saturated carbocycles. The van der Waals surface area contributed by atoms with Crippen molar-refractivity contribution in [3.05, 3.63) is 59.9 Å². The van der Waals surface area contributed by atoms with Gasteiger partial charge in [-0.1, -0.05) is 25.0 Å². The first kappa shape index (κ1) is 21.9. The molecule has 7 nitrogen and oxygen atoms in total. The van der Waals surface area contributed by atoms with Crippen LogP contribution in [0, 0.1) is 0 Å². The molecule has 168 valence electrons. The molecule has 0 radical (unpaired) electrons. The molecule has 3 aromatic rings. The van der Waals surface area contributed by atoms with Gasteiger partial charge in [-0.3, -0.25) is 9.59 Å². The van der Waals surface area contributed by atoms with Gasteiger partial charge >= 0.3 is 0 Å². The largest absolute Gasteiger partial charge is 0.497 e. The number of carbonyl (C=O) groups excluding carboxylic acids is 2. The highest BCUT2D eigenvalue weighted by Gasteiger charge is 2.23. The zero-order valence-electron chi connectivity index (χ0n) is 18.7. The van der Waals surface area contributed by atoms with Gasteiger partial charge < -0.3 is 19.5 Å². The van der Waals surface area contributed by atoms with E-state index in [0.717, 1.165) is 37.0 Å². The van der Waals surface area contributed by atoms with Gasteiger partial charge in [0, 0.05) is 18.7 Å². The highest BCUT2D eigenvalue weighted by Crippen LogP contribution is 2.22. The van der Waals surface area contributed by atoms with Gasteiger partial charge in [0.05, 0.1) is 24.2 Å². The van der Waals surface area contributed by atoms with Gasteiger partial charge in [0.2, 0.25) is 5.91 Å². The molecule has 4 rings (SSSR count). The number of hydrogen-bond donors (Lipinski definition) is 1. The Labute approximate surface area is 188 Å². The molecular formula is C25H30N4O3. The summed E-state index contributed by atoms with van der Waals surface area (Å²) in [5.41, 5.74) is 2.26. The maximum atomic E-state index is 13.1. The van der Waals surface area contributed by atoms with Crippen LogP contribution in [-0.2, 0) is 11.3 Å². The van der Waals surface area contributed by atoms with Crippen LogP contribution in [0.25, 0.3) is 11.0 Å². The number of ether oxygens (including phenoxy) is 1. The Bertz CT molecular complexity index is 1080. The minimum Gasteiger partial charge on any atom is -0.497 e. The van der Waals surface area contributed by atoms with Crippen LogP contribution >= 0.6 is 0 Å². The second kappa shape index (κ2) is 9.85. The Morgan fingerprint density at radius 2 is 1.72 bits per heavy atom. The molecular weight excluding hydrogens is 404 g/mol. The number of imidazole rings is 1. The van der Waals surface area contributed by atoms with E-state index < -0.39 is 0 Å². The lowest BCUT2D eigenvalue weighted by Crippen LogP contribution is -2.36. The monoisotopic (exact) mass is 434 g/mol. The average Bonchev–Trinajstić information content (AvgIpc) is 2.98. The highest BCUT2D eigenvalue weighted by atomic mass is 16.5. The highest BCUT2D eigenvalue weighted by molar-refractivity contribution is 5.94. The van der Waals surface area contributed by atoms with Gasteiger partial charge in [0.25, 0.3) is 5.91 Å². The summed E-state index contributed by atoms with van der Waals surface area (Å²) < 4.78 is 7.11. The predicted octanol–water partition coefficient (Wildman–Crippen LogP) is 3.94. The van der Waals surface area contributed by atoms with Crippen LogP contribution in [-0.4, -0.2) is 46.5 Å². The van der Waals surface area contributed by atoms with Gasteiger partial charge in [-0.15, -0.1) is 0 Å². The first-order chi connectivity index (χ1) is 15.6. The van der Waals surface area contributed by atoms with Crippen molar-refractivity contribution in [1.82, 2.24) is 19.8 Å². The van der Waals surface area contributed by atoms with E-state index in [1.54, 1.807) is 31.4 Å². The number of fused-ring (bicyclic) bond motifs is 1. The fourth-order valence-corrected chi connectivity index (χ4v) is 4.23. The van der Waals surface area contributed by atoms with E-state index >= 15 is 0 Å². The molecule has 7 heteroatoms. The number of aromatic nitrogens is 2. The summed E-state index contributed by atoms with van der Waals surface area (Å²) >= 11 is 0. The molecule has 1 aliphatic rings. The summed E-state index contributed by atoms with van der Waals surface area (Å²) in [7, 11) is 1.59. The van der Waals surface area contributed by atoms with E-state index in [1.165, 1.54) is 12.8 Å². The number of rotatable bonds is 6. The summed E-state index contributed by atoms with van der Waals surface area (Å²) in [6.45, 7) is 3.74. The van der Waals surface area contributed by atoms with Gasteiger partial charge in [0.15, 0.2) is 0 Å². The third-order valence-corrected chi connectivity index (χ3v) is 6.02. The van der Waals surface area contributed by atoms with Gasteiger partial charge in [-0.25, -0.2) is 4.98 Å². The quantitative estimate of drug-likeness (QED) is 0.638. The number of nitrogens with zero attached hydrogens (tertiary/aromatic N) is 3. The summed E-state index contributed by atoms with van der Waals surface area (Å²) in [5, 5.41) is 3.03. The molecule has 0 spiro atoms. The van der Waals surface area contributed by atoms with E-state index in [4.69, 9.17) is 9.72 Å². The number of methoxy groups -OCH3 is 1. The standard InChI is InChI=1S/C25H30N4O3/c1-18(26-25(31)19-11-13-20(32-2)14-12-19)24-27-21-9-5-6-10-22(21)29(24)17-23(30)28-15-7-3-4-8-16-28/h5-6,9-14,18H,3-4,7-8,15-17H2,1-2H3,(H,26,31). The maximum absolute atomic E-state index is 13.1. The molecule has 1 aliphatic heterocycles. The van der Waals surface area contributed by atoms with Crippen LogP contribution in [0.5, 0.6) is 5.75 Å². The number of likely N-dealkylation sites (tertiary alicyclic amines) is 1. The molecule has 2 aromatic carbocycles. The lowest BCUT2D eigenvalue weighted by molar-refractivity contribution is -0.131. The average molecular weight is 435 g/mol. The molecule has 2 heterocycles. The third-order valence-electron chi connectivity index (χ3n) is 6.02. The molecule has 1 aromatic heterocycles. The first-order valence-electron chi connectivity index (χ1n) is 11.2. The molecule has 2 amide bonds. The van der Waals surface area contributed by atoms with E-state index in [1.807, 2.05) is 40.7 Å². The van der Waals surface area contributed by atoms with E-state index in [-0.39, 0.29) is 24.4 Å². The van der Waals surface area contributed by atoms with Crippen molar-refractivity contribution >= 4 is 22.8 Å². The summed E-state index contributed by atoms with van der Waals surface area (Å²) in [6, 6.07) is 14.4. The Morgan fingerprint density at radius 1 is 1.03 bits per heavy atom. The van der Waals surface area contributed by atoms with E-state index in [2.05, 4.69) is 5.32 Å². The maximum Gasteiger partial charge on any atom is 0.251 e. The fourth-order valence-electron chi connectivity index (χ4n) is 4.23. The predicted molar refractivity (Wildman–Crippen MR) is 124 cm³/mol. The van der Waals surface area contributed by atoms with Gasteiger partial charge in [-0.2, -0.15) is 0 Å². The number of amides is 2. The van der Waals surface area contributed by atoms with Crippen molar-refractivity contribution in [2.45, 2.75) is 45.2 Å². The second-order valence-corrected chi connectivity index (χ2v) is 8.26. The molecule has 32 heavy (non-hydrogen) atoms. The first-order valence-corrected chi connectivity index (χ1v) is 11.2. The van der Waals surface area contributed by atoms with Crippen molar-refractivity contribution in [3.8, 4) is 5.75 Å². The zero-order valence-corrected chi connectivity index (χ0v) is 18.7. The zero-order chi connectivity index (χ0) is 22.5. The van der Waals surface area contributed by atoms with Crippen molar-refractivity contribution in [3.63, 3.8) is 0 Å². The minimum atomic E-state index is -0.367. The van der Waals surface area contributed by atoms with Crippen LogP contribution in [0.1, 0.15) is 54.8 Å². The molecule has 1 atom stereocenters. The van der Waals surface area contributed by atoms with Crippen LogP contribution < -0.4 is 10.1 Å². The SMILES string of the molecule is COc1ccc(C(=O)NC(C)c2nc3ccccc3n2CC(=O)N2CCCCCC2)cc1.